The standard InChI is InChI=1S/C26H24N2/c1-26(2,3)22-16-14-21(15-17-22)24-25(20-12-8-5-9-13-20)28-23(18-27-24)19-10-6-4-7-11-19/h4-18H,1-3H3. The Labute approximate surface area is 167 Å². The van der Waals surface area contributed by atoms with E-state index in [2.05, 4.69) is 69.3 Å². The van der Waals surface area contributed by atoms with E-state index in [-0.39, 0.29) is 5.41 Å². The number of hydrogen-bond acceptors (Lipinski definition) is 2. The van der Waals surface area contributed by atoms with Crippen molar-refractivity contribution in [1.29, 1.82) is 0 Å². The zero-order valence-electron chi connectivity index (χ0n) is 16.6. The number of hydrogen-bond donors (Lipinski definition) is 0. The fourth-order valence-electron chi connectivity index (χ4n) is 3.27. The SMILES string of the molecule is CC(C)(C)c1ccc(-c2ncc(-c3ccccc3)nc2-c2ccccc2)cc1. The van der Waals surface area contributed by atoms with Crippen LogP contribution in [-0.2, 0) is 5.41 Å². The average molecular weight is 364 g/mol. The van der Waals surface area contributed by atoms with Crippen molar-refractivity contribution in [1.82, 2.24) is 9.97 Å². The van der Waals surface area contributed by atoms with Crippen LogP contribution in [0.25, 0.3) is 33.8 Å². The highest BCUT2D eigenvalue weighted by atomic mass is 14.8. The molecule has 0 bridgehead atoms. The summed E-state index contributed by atoms with van der Waals surface area (Å²) < 4.78 is 0. The maximum absolute atomic E-state index is 5.00. The fourth-order valence-corrected chi connectivity index (χ4v) is 3.27. The van der Waals surface area contributed by atoms with Crippen molar-refractivity contribution < 1.29 is 0 Å². The van der Waals surface area contributed by atoms with Crippen LogP contribution in [0.2, 0.25) is 0 Å². The molecule has 2 nitrogen and oxygen atoms in total. The second-order valence-electron chi connectivity index (χ2n) is 8.01. The van der Waals surface area contributed by atoms with E-state index in [1.165, 1.54) is 5.56 Å². The third-order valence-corrected chi connectivity index (χ3v) is 4.91. The van der Waals surface area contributed by atoms with Crippen LogP contribution < -0.4 is 0 Å². The van der Waals surface area contributed by atoms with E-state index in [0.717, 1.165) is 33.8 Å². The maximum Gasteiger partial charge on any atom is 0.0972 e. The molecule has 138 valence electrons. The number of nitrogens with zero attached hydrogens (tertiary/aromatic N) is 2. The minimum atomic E-state index is 0.129. The molecule has 0 fully saturated rings. The van der Waals surface area contributed by atoms with Crippen molar-refractivity contribution in [2.45, 2.75) is 26.2 Å². The lowest BCUT2D eigenvalue weighted by molar-refractivity contribution is 0.590. The second-order valence-corrected chi connectivity index (χ2v) is 8.01. The highest BCUT2D eigenvalue weighted by molar-refractivity contribution is 5.79. The van der Waals surface area contributed by atoms with Gasteiger partial charge in [0.15, 0.2) is 0 Å². The highest BCUT2D eigenvalue weighted by Gasteiger charge is 2.16. The van der Waals surface area contributed by atoms with E-state index >= 15 is 0 Å². The molecule has 0 radical (unpaired) electrons. The fraction of sp³-hybridized carbons (Fsp3) is 0.154. The van der Waals surface area contributed by atoms with E-state index in [4.69, 9.17) is 9.97 Å². The Morgan fingerprint density at radius 3 is 1.68 bits per heavy atom. The summed E-state index contributed by atoms with van der Waals surface area (Å²) in [4.78, 5) is 9.83. The van der Waals surface area contributed by atoms with Crippen molar-refractivity contribution in [3.8, 4) is 33.8 Å². The van der Waals surface area contributed by atoms with Gasteiger partial charge < -0.3 is 0 Å². The van der Waals surface area contributed by atoms with Crippen LogP contribution in [0.15, 0.2) is 91.1 Å². The molecule has 0 unspecified atom stereocenters. The van der Waals surface area contributed by atoms with Crippen molar-refractivity contribution >= 4 is 0 Å². The van der Waals surface area contributed by atoms with E-state index < -0.39 is 0 Å². The van der Waals surface area contributed by atoms with Crippen LogP contribution in [0.5, 0.6) is 0 Å². The van der Waals surface area contributed by atoms with Crippen LogP contribution in [0.1, 0.15) is 26.3 Å². The second kappa shape index (κ2) is 7.40. The lowest BCUT2D eigenvalue weighted by Crippen LogP contribution is -2.10. The summed E-state index contributed by atoms with van der Waals surface area (Å²) in [6.45, 7) is 6.68. The molecule has 28 heavy (non-hydrogen) atoms. The smallest absolute Gasteiger partial charge is 0.0972 e. The topological polar surface area (TPSA) is 25.8 Å². The van der Waals surface area contributed by atoms with Gasteiger partial charge in [0.25, 0.3) is 0 Å². The van der Waals surface area contributed by atoms with Gasteiger partial charge >= 0.3 is 0 Å². The Balaban J connectivity index is 1.85. The van der Waals surface area contributed by atoms with Gasteiger partial charge in [-0.05, 0) is 11.0 Å². The van der Waals surface area contributed by atoms with E-state index in [1.807, 2.05) is 42.6 Å². The summed E-state index contributed by atoms with van der Waals surface area (Å²) in [5.74, 6) is 0. The monoisotopic (exact) mass is 364 g/mol. The van der Waals surface area contributed by atoms with Gasteiger partial charge in [-0.3, -0.25) is 4.98 Å². The van der Waals surface area contributed by atoms with Gasteiger partial charge in [-0.25, -0.2) is 4.98 Å². The van der Waals surface area contributed by atoms with Gasteiger partial charge in [-0.2, -0.15) is 0 Å². The van der Waals surface area contributed by atoms with Gasteiger partial charge in [-0.1, -0.05) is 106 Å². The Kier molecular flexibility index (Phi) is 4.79. The summed E-state index contributed by atoms with van der Waals surface area (Å²) in [5, 5.41) is 0. The summed E-state index contributed by atoms with van der Waals surface area (Å²) in [7, 11) is 0. The molecule has 2 heteroatoms. The molecular weight excluding hydrogens is 340 g/mol. The number of aromatic nitrogens is 2. The van der Waals surface area contributed by atoms with E-state index in [1.54, 1.807) is 0 Å². The molecule has 0 amide bonds. The molecule has 4 aromatic rings. The Bertz CT molecular complexity index is 1060. The van der Waals surface area contributed by atoms with Crippen molar-refractivity contribution in [2.24, 2.45) is 0 Å². The molecule has 0 spiro atoms. The Morgan fingerprint density at radius 2 is 1.11 bits per heavy atom. The Hall–Kier alpha value is -3.26. The zero-order valence-corrected chi connectivity index (χ0v) is 16.6. The largest absolute Gasteiger partial charge is 0.252 e. The van der Waals surface area contributed by atoms with Crippen LogP contribution >= 0.6 is 0 Å². The molecule has 1 aromatic heterocycles. The predicted molar refractivity (Wildman–Crippen MR) is 117 cm³/mol. The average Bonchev–Trinajstić information content (AvgIpc) is 2.74. The number of benzene rings is 3. The van der Waals surface area contributed by atoms with Crippen molar-refractivity contribution in [3.05, 3.63) is 96.7 Å². The molecule has 0 aliphatic carbocycles. The van der Waals surface area contributed by atoms with Gasteiger partial charge in [0.1, 0.15) is 0 Å². The Morgan fingerprint density at radius 1 is 0.571 bits per heavy atom. The highest BCUT2D eigenvalue weighted by Crippen LogP contribution is 2.32. The predicted octanol–water partition coefficient (Wildman–Crippen LogP) is 6.78. The first-order chi connectivity index (χ1) is 13.5. The third kappa shape index (κ3) is 3.72. The first kappa shape index (κ1) is 18.1. The minimum absolute atomic E-state index is 0.129. The van der Waals surface area contributed by atoms with Crippen LogP contribution in [0.4, 0.5) is 0 Å². The molecule has 0 saturated carbocycles. The van der Waals surface area contributed by atoms with Crippen LogP contribution in [-0.4, -0.2) is 9.97 Å². The van der Waals surface area contributed by atoms with Gasteiger partial charge in [-0.15, -0.1) is 0 Å². The van der Waals surface area contributed by atoms with Crippen LogP contribution in [0.3, 0.4) is 0 Å². The lowest BCUT2D eigenvalue weighted by atomic mass is 9.86. The third-order valence-electron chi connectivity index (χ3n) is 4.91. The van der Waals surface area contributed by atoms with Gasteiger partial charge in [0.05, 0.1) is 23.3 Å². The maximum atomic E-state index is 5.00. The summed E-state index contributed by atoms with van der Waals surface area (Å²) in [5.41, 5.74) is 7.37. The lowest BCUT2D eigenvalue weighted by Gasteiger charge is -2.19. The molecule has 0 aliphatic rings. The molecule has 3 aromatic carbocycles. The first-order valence-corrected chi connectivity index (χ1v) is 9.61. The van der Waals surface area contributed by atoms with E-state index in [0.29, 0.717) is 0 Å². The molecule has 0 aliphatic heterocycles. The summed E-state index contributed by atoms with van der Waals surface area (Å²) in [6, 6.07) is 29.2. The zero-order chi connectivity index (χ0) is 19.6. The van der Waals surface area contributed by atoms with Gasteiger partial charge in [0, 0.05) is 16.7 Å². The minimum Gasteiger partial charge on any atom is -0.252 e. The molecule has 0 N–H and O–H groups in total. The van der Waals surface area contributed by atoms with E-state index in [9.17, 15) is 0 Å². The molecule has 0 atom stereocenters. The molecule has 1 heterocycles. The number of rotatable bonds is 3. The first-order valence-electron chi connectivity index (χ1n) is 9.61. The molecule has 4 rings (SSSR count). The van der Waals surface area contributed by atoms with Crippen molar-refractivity contribution in [3.63, 3.8) is 0 Å². The quantitative estimate of drug-likeness (QED) is 0.400. The normalized spacial score (nSPS) is 11.4. The van der Waals surface area contributed by atoms with Crippen LogP contribution in [0, 0.1) is 0 Å². The summed E-state index contributed by atoms with van der Waals surface area (Å²) >= 11 is 0. The molecule has 0 saturated heterocycles. The van der Waals surface area contributed by atoms with Gasteiger partial charge in [0.2, 0.25) is 0 Å². The van der Waals surface area contributed by atoms with Crippen molar-refractivity contribution in [2.75, 3.05) is 0 Å². The molecular formula is C26H24N2. The summed E-state index contributed by atoms with van der Waals surface area (Å²) in [6.07, 6.45) is 1.87.